The van der Waals surface area contributed by atoms with Gasteiger partial charge in [0.25, 0.3) is 5.91 Å². The van der Waals surface area contributed by atoms with E-state index in [1.165, 1.54) is 0 Å². The van der Waals surface area contributed by atoms with Gasteiger partial charge in [-0.3, -0.25) is 9.59 Å². The topological polar surface area (TPSA) is 84.7 Å². The van der Waals surface area contributed by atoms with E-state index in [4.69, 9.17) is 10.5 Å². The van der Waals surface area contributed by atoms with Crippen molar-refractivity contribution >= 4 is 17.5 Å². The number of nitrogens with zero attached hydrogens (tertiary/aromatic N) is 1. The molecule has 21 heavy (non-hydrogen) atoms. The van der Waals surface area contributed by atoms with Crippen molar-refractivity contribution in [2.75, 3.05) is 25.9 Å². The molecule has 1 aromatic carbocycles. The lowest BCUT2D eigenvalue weighted by Gasteiger charge is -2.21. The Morgan fingerprint density at radius 2 is 2.05 bits per heavy atom. The first kappa shape index (κ1) is 16.8. The zero-order chi connectivity index (χ0) is 16.0. The van der Waals surface area contributed by atoms with Crippen molar-refractivity contribution in [1.82, 2.24) is 10.2 Å². The van der Waals surface area contributed by atoms with Crippen molar-refractivity contribution in [3.63, 3.8) is 0 Å². The quantitative estimate of drug-likeness (QED) is 0.773. The van der Waals surface area contributed by atoms with Crippen LogP contribution in [0.3, 0.4) is 0 Å². The number of para-hydroxylation sites is 1. The number of likely N-dealkylation sites (N-methyl/N-ethyl adjacent to an activating group) is 1. The molecule has 0 aromatic heterocycles. The molecule has 2 amide bonds. The van der Waals surface area contributed by atoms with Crippen LogP contribution in [0.2, 0.25) is 0 Å². The molecule has 0 aliphatic heterocycles. The summed E-state index contributed by atoms with van der Waals surface area (Å²) in [6.07, 6.45) is 0. The van der Waals surface area contributed by atoms with Crippen LogP contribution in [0.15, 0.2) is 18.2 Å². The molecule has 0 heterocycles. The SMILES string of the molecule is CCOc1c(N)cccc1C(=O)NC(C)C(=O)N(C)CC. The monoisotopic (exact) mass is 293 g/mol. The second-order valence-electron chi connectivity index (χ2n) is 4.70. The highest BCUT2D eigenvalue weighted by Gasteiger charge is 2.21. The van der Waals surface area contributed by atoms with E-state index >= 15 is 0 Å². The zero-order valence-corrected chi connectivity index (χ0v) is 13.0. The number of hydrogen-bond acceptors (Lipinski definition) is 4. The second-order valence-corrected chi connectivity index (χ2v) is 4.70. The lowest BCUT2D eigenvalue weighted by Crippen LogP contribution is -2.45. The molecule has 116 valence electrons. The summed E-state index contributed by atoms with van der Waals surface area (Å²) in [5.41, 5.74) is 6.55. The summed E-state index contributed by atoms with van der Waals surface area (Å²) >= 11 is 0. The molecule has 0 fully saturated rings. The van der Waals surface area contributed by atoms with Crippen LogP contribution < -0.4 is 15.8 Å². The van der Waals surface area contributed by atoms with Gasteiger partial charge in [0.05, 0.1) is 17.9 Å². The molecule has 3 N–H and O–H groups in total. The summed E-state index contributed by atoms with van der Waals surface area (Å²) in [5, 5.41) is 2.67. The fraction of sp³-hybridized carbons (Fsp3) is 0.467. The largest absolute Gasteiger partial charge is 0.491 e. The van der Waals surface area contributed by atoms with Gasteiger partial charge in [-0.2, -0.15) is 0 Å². The van der Waals surface area contributed by atoms with Crippen LogP contribution in [0.25, 0.3) is 0 Å². The highest BCUT2D eigenvalue weighted by molar-refractivity contribution is 6.00. The predicted molar refractivity (Wildman–Crippen MR) is 82.3 cm³/mol. The van der Waals surface area contributed by atoms with Gasteiger partial charge in [-0.05, 0) is 32.9 Å². The second kappa shape index (κ2) is 7.52. The average molecular weight is 293 g/mol. The normalized spacial score (nSPS) is 11.6. The third-order valence-electron chi connectivity index (χ3n) is 3.15. The molecular weight excluding hydrogens is 270 g/mol. The smallest absolute Gasteiger partial charge is 0.255 e. The third kappa shape index (κ3) is 4.11. The van der Waals surface area contributed by atoms with Gasteiger partial charge in [-0.15, -0.1) is 0 Å². The van der Waals surface area contributed by atoms with Crippen LogP contribution in [-0.2, 0) is 4.79 Å². The van der Waals surface area contributed by atoms with E-state index in [1.54, 1.807) is 37.1 Å². The Hall–Kier alpha value is -2.24. The highest BCUT2D eigenvalue weighted by atomic mass is 16.5. The molecule has 0 saturated carbocycles. The third-order valence-corrected chi connectivity index (χ3v) is 3.15. The predicted octanol–water partition coefficient (Wildman–Crippen LogP) is 1.26. The Kier molecular flexibility index (Phi) is 6.02. The number of nitrogen functional groups attached to an aromatic ring is 1. The minimum atomic E-state index is -0.613. The Morgan fingerprint density at radius 1 is 1.38 bits per heavy atom. The van der Waals surface area contributed by atoms with Crippen LogP contribution in [0.1, 0.15) is 31.1 Å². The van der Waals surface area contributed by atoms with E-state index < -0.39 is 6.04 Å². The lowest BCUT2D eigenvalue weighted by atomic mass is 10.1. The van der Waals surface area contributed by atoms with Crippen molar-refractivity contribution in [2.24, 2.45) is 0 Å². The first-order chi connectivity index (χ1) is 9.92. The Balaban J connectivity index is 2.90. The number of benzene rings is 1. The van der Waals surface area contributed by atoms with Crippen molar-refractivity contribution < 1.29 is 14.3 Å². The number of ether oxygens (including phenoxy) is 1. The Labute approximate surface area is 125 Å². The van der Waals surface area contributed by atoms with Crippen LogP contribution in [-0.4, -0.2) is 43.0 Å². The standard InChI is InChI=1S/C15H23N3O3/c1-5-18(4)15(20)10(3)17-14(19)11-8-7-9-12(16)13(11)21-6-2/h7-10H,5-6,16H2,1-4H3,(H,17,19). The van der Waals surface area contributed by atoms with E-state index in [1.807, 2.05) is 13.8 Å². The van der Waals surface area contributed by atoms with E-state index in [9.17, 15) is 9.59 Å². The summed E-state index contributed by atoms with van der Waals surface area (Å²) in [6, 6.07) is 4.36. The summed E-state index contributed by atoms with van der Waals surface area (Å²) < 4.78 is 5.42. The van der Waals surface area contributed by atoms with Crippen molar-refractivity contribution in [3.8, 4) is 5.75 Å². The summed E-state index contributed by atoms with van der Waals surface area (Å²) in [5.74, 6) is -0.176. The summed E-state index contributed by atoms with van der Waals surface area (Å²) in [7, 11) is 1.69. The average Bonchev–Trinajstić information content (AvgIpc) is 2.47. The van der Waals surface area contributed by atoms with Crippen molar-refractivity contribution in [3.05, 3.63) is 23.8 Å². The molecule has 1 rings (SSSR count). The number of nitrogens with one attached hydrogen (secondary N) is 1. The number of carbonyl (C=O) groups is 2. The summed E-state index contributed by atoms with van der Waals surface area (Å²) in [6.45, 7) is 6.33. The molecule has 0 saturated heterocycles. The Morgan fingerprint density at radius 3 is 2.62 bits per heavy atom. The molecular formula is C15H23N3O3. The molecule has 1 atom stereocenters. The molecule has 0 bridgehead atoms. The highest BCUT2D eigenvalue weighted by Crippen LogP contribution is 2.26. The number of anilines is 1. The maximum absolute atomic E-state index is 12.3. The van der Waals surface area contributed by atoms with Gasteiger partial charge >= 0.3 is 0 Å². The zero-order valence-electron chi connectivity index (χ0n) is 13.0. The van der Waals surface area contributed by atoms with E-state index in [0.29, 0.717) is 30.2 Å². The molecule has 0 aliphatic carbocycles. The van der Waals surface area contributed by atoms with Crippen molar-refractivity contribution in [1.29, 1.82) is 0 Å². The van der Waals surface area contributed by atoms with Crippen molar-refractivity contribution in [2.45, 2.75) is 26.8 Å². The van der Waals surface area contributed by atoms with Gasteiger partial charge in [0, 0.05) is 13.6 Å². The fourth-order valence-corrected chi connectivity index (χ4v) is 1.86. The first-order valence-electron chi connectivity index (χ1n) is 6.99. The maximum atomic E-state index is 12.3. The lowest BCUT2D eigenvalue weighted by molar-refractivity contribution is -0.131. The number of rotatable bonds is 6. The Bertz CT molecular complexity index is 517. The van der Waals surface area contributed by atoms with Gasteiger partial charge in [0.15, 0.2) is 5.75 Å². The summed E-state index contributed by atoms with van der Waals surface area (Å²) in [4.78, 5) is 25.8. The fourth-order valence-electron chi connectivity index (χ4n) is 1.86. The molecule has 6 heteroatoms. The van der Waals surface area contributed by atoms with Crippen LogP contribution in [0.4, 0.5) is 5.69 Å². The number of carbonyl (C=O) groups excluding carboxylic acids is 2. The molecule has 0 aliphatic rings. The maximum Gasteiger partial charge on any atom is 0.255 e. The van der Waals surface area contributed by atoms with E-state index in [0.717, 1.165) is 0 Å². The van der Waals surface area contributed by atoms with Gasteiger partial charge in [-0.25, -0.2) is 0 Å². The number of amides is 2. The number of nitrogens with two attached hydrogens (primary N) is 1. The molecule has 1 unspecified atom stereocenters. The van der Waals surface area contributed by atoms with Gasteiger partial charge in [0.2, 0.25) is 5.91 Å². The molecule has 6 nitrogen and oxygen atoms in total. The van der Waals surface area contributed by atoms with Gasteiger partial charge < -0.3 is 20.7 Å². The van der Waals surface area contributed by atoms with E-state index in [-0.39, 0.29) is 11.8 Å². The number of hydrogen-bond donors (Lipinski definition) is 2. The minimum Gasteiger partial charge on any atom is -0.491 e. The molecule has 1 aromatic rings. The van der Waals surface area contributed by atoms with Crippen LogP contribution in [0, 0.1) is 0 Å². The van der Waals surface area contributed by atoms with Gasteiger partial charge in [0.1, 0.15) is 6.04 Å². The van der Waals surface area contributed by atoms with Crippen LogP contribution in [0.5, 0.6) is 5.75 Å². The van der Waals surface area contributed by atoms with Gasteiger partial charge in [-0.1, -0.05) is 6.07 Å². The minimum absolute atomic E-state index is 0.146. The first-order valence-corrected chi connectivity index (χ1v) is 6.99. The van der Waals surface area contributed by atoms with Crippen LogP contribution >= 0.6 is 0 Å². The molecule has 0 radical (unpaired) electrons. The molecule has 0 spiro atoms. The van der Waals surface area contributed by atoms with E-state index in [2.05, 4.69) is 5.32 Å².